The molecule has 2 aromatic carbocycles. The van der Waals surface area contributed by atoms with E-state index in [1.165, 1.54) is 42.1 Å². The van der Waals surface area contributed by atoms with E-state index in [1.54, 1.807) is 40.8 Å². The average Bonchev–Trinajstić information content (AvgIpc) is 3.83. The van der Waals surface area contributed by atoms with E-state index < -0.39 is 23.1 Å². The summed E-state index contributed by atoms with van der Waals surface area (Å²) in [7, 11) is 3.10. The molecule has 0 spiro atoms. The van der Waals surface area contributed by atoms with Gasteiger partial charge in [-0.25, -0.2) is 18.6 Å². The van der Waals surface area contributed by atoms with Gasteiger partial charge in [0.15, 0.2) is 17.5 Å². The second-order valence-corrected chi connectivity index (χ2v) is 17.7. The average molecular weight is 908 g/mol. The topological polar surface area (TPSA) is 147 Å². The zero-order valence-electron chi connectivity index (χ0n) is 38.0. The molecule has 3 aliphatic rings. The first kappa shape index (κ1) is 48.1. The Morgan fingerprint density at radius 1 is 0.891 bits per heavy atom. The van der Waals surface area contributed by atoms with Crippen molar-refractivity contribution in [2.45, 2.75) is 66.5 Å². The van der Waals surface area contributed by atoms with Gasteiger partial charge in [0.25, 0.3) is 11.8 Å². The van der Waals surface area contributed by atoms with Crippen LogP contribution < -0.4 is 5.32 Å². The van der Waals surface area contributed by atoms with Crippen molar-refractivity contribution in [1.29, 1.82) is 0 Å². The zero-order chi connectivity index (χ0) is 46.5. The summed E-state index contributed by atoms with van der Waals surface area (Å²) in [6, 6.07) is 7.48. The van der Waals surface area contributed by atoms with Crippen LogP contribution in [0.5, 0.6) is 0 Å². The summed E-state index contributed by atoms with van der Waals surface area (Å²) in [6.45, 7) is 17.7. The van der Waals surface area contributed by atoms with Crippen molar-refractivity contribution in [2.75, 3.05) is 77.9 Å². The van der Waals surface area contributed by atoms with E-state index >= 15 is 8.78 Å². The lowest BCUT2D eigenvalue weighted by molar-refractivity contribution is -0.138. The standard InChI is InChI=1S/C44H54ClF2N9O6.C2H6/c1-27-34(26-56(50-27)19-20-61-6)31-9-10-33(38(47)37(31)46)36-22-48-39(51(36)5)40(57)49-30-7-8-32(35(45)21-30)42(59)54-17-15-53(16-18-54)41(58)29-11-13-52(14-12-29)23-28-24-55(25-28)43(60)62-44(2,3)4;1-2/h7-10,21-22,26,28-29H,11-20,23-25H2,1-6H3,(H,49,57);1-2H3. The SMILES string of the molecule is CC.COCCn1cc(-c2ccc(-c3cnc(C(=O)Nc4ccc(C(=O)N5CCN(C(=O)C6CCN(CC7CN(C(=O)OC(C)(C)C)C7)CC6)CC5)c(Cl)c4)n3C)c(F)c2F)c(C)n1. The Morgan fingerprint density at radius 2 is 1.53 bits per heavy atom. The minimum absolute atomic E-state index is 0.0584. The molecule has 0 atom stereocenters. The van der Waals surface area contributed by atoms with Crippen molar-refractivity contribution in [3.8, 4) is 22.4 Å². The van der Waals surface area contributed by atoms with Crippen molar-refractivity contribution in [3.05, 3.63) is 76.5 Å². The highest BCUT2D eigenvalue weighted by molar-refractivity contribution is 6.34. The van der Waals surface area contributed by atoms with Crippen LogP contribution in [0.1, 0.15) is 74.1 Å². The Morgan fingerprint density at radius 3 is 2.17 bits per heavy atom. The van der Waals surface area contributed by atoms with Crippen LogP contribution in [-0.2, 0) is 27.9 Å². The number of imidazole rings is 1. The lowest BCUT2D eigenvalue weighted by Gasteiger charge is -2.43. The smallest absolute Gasteiger partial charge is 0.410 e. The number of benzene rings is 2. The third-order valence-electron chi connectivity index (χ3n) is 11.7. The summed E-state index contributed by atoms with van der Waals surface area (Å²) in [5, 5.41) is 7.23. The molecular weight excluding hydrogens is 848 g/mol. The number of rotatable bonds is 11. The molecule has 0 radical (unpaired) electrons. The van der Waals surface area contributed by atoms with Gasteiger partial charge in [0, 0.05) is 100 Å². The monoisotopic (exact) mass is 907 g/mol. The second kappa shape index (κ2) is 20.6. The van der Waals surface area contributed by atoms with Crippen LogP contribution in [0, 0.1) is 30.4 Å². The fraction of sp³-hybridized carbons (Fsp3) is 0.522. The van der Waals surface area contributed by atoms with E-state index in [1.807, 2.05) is 39.5 Å². The van der Waals surface area contributed by atoms with Crippen LogP contribution in [0.15, 0.2) is 42.7 Å². The number of nitrogens with zero attached hydrogens (tertiary/aromatic N) is 8. The molecule has 5 heterocycles. The first-order valence-corrected chi connectivity index (χ1v) is 22.3. The predicted octanol–water partition coefficient (Wildman–Crippen LogP) is 6.98. The second-order valence-electron chi connectivity index (χ2n) is 17.3. The predicted molar refractivity (Wildman–Crippen MR) is 240 cm³/mol. The quantitative estimate of drug-likeness (QED) is 0.169. The Labute approximate surface area is 378 Å². The highest BCUT2D eigenvalue weighted by atomic mass is 35.5. The maximum absolute atomic E-state index is 15.6. The summed E-state index contributed by atoms with van der Waals surface area (Å²) in [5.41, 5.74) is 1.22. The summed E-state index contributed by atoms with van der Waals surface area (Å²) in [5.74, 6) is -2.63. The lowest BCUT2D eigenvalue weighted by atomic mass is 9.93. The van der Waals surface area contributed by atoms with E-state index in [-0.39, 0.29) is 57.1 Å². The number of carbonyl (C=O) groups is 4. The van der Waals surface area contributed by atoms with Gasteiger partial charge < -0.3 is 39.0 Å². The van der Waals surface area contributed by atoms with Gasteiger partial charge in [-0.3, -0.25) is 19.1 Å². The van der Waals surface area contributed by atoms with Crippen LogP contribution >= 0.6 is 11.6 Å². The lowest BCUT2D eigenvalue weighted by Crippen LogP contribution is -2.56. The molecule has 4 amide bonds. The fourth-order valence-electron chi connectivity index (χ4n) is 8.31. The third kappa shape index (κ3) is 10.9. The summed E-state index contributed by atoms with van der Waals surface area (Å²) in [4.78, 5) is 64.5. The van der Waals surface area contributed by atoms with Crippen LogP contribution in [-0.4, -0.2) is 141 Å². The number of piperidine rings is 1. The van der Waals surface area contributed by atoms with Gasteiger partial charge in [-0.2, -0.15) is 5.10 Å². The number of piperazine rings is 1. The van der Waals surface area contributed by atoms with E-state index in [0.29, 0.717) is 75.3 Å². The molecular formula is C46H60ClF2N9O6. The Balaban J connectivity index is 0.00000335. The number of methoxy groups -OCH3 is 1. The molecule has 2 aromatic heterocycles. The molecule has 3 fully saturated rings. The molecule has 64 heavy (non-hydrogen) atoms. The van der Waals surface area contributed by atoms with E-state index in [4.69, 9.17) is 21.1 Å². The van der Waals surface area contributed by atoms with Gasteiger partial charge in [0.2, 0.25) is 5.91 Å². The zero-order valence-corrected chi connectivity index (χ0v) is 38.8. The molecule has 0 aliphatic carbocycles. The molecule has 3 aliphatic heterocycles. The first-order valence-electron chi connectivity index (χ1n) is 21.9. The molecule has 3 saturated heterocycles. The first-order chi connectivity index (χ1) is 30.5. The Hall–Kier alpha value is -5.39. The number of aromatic nitrogens is 4. The van der Waals surface area contributed by atoms with Gasteiger partial charge in [-0.1, -0.05) is 31.5 Å². The molecule has 7 rings (SSSR count). The van der Waals surface area contributed by atoms with Crippen molar-refractivity contribution in [3.63, 3.8) is 0 Å². The van der Waals surface area contributed by atoms with Crippen molar-refractivity contribution < 1.29 is 37.4 Å². The number of halogens is 3. The Bertz CT molecular complexity index is 2320. The fourth-order valence-corrected chi connectivity index (χ4v) is 8.57. The maximum atomic E-state index is 15.6. The molecule has 15 nitrogen and oxygen atoms in total. The number of carbonyl (C=O) groups excluding carboxylic acids is 4. The van der Waals surface area contributed by atoms with Gasteiger partial charge >= 0.3 is 6.09 Å². The molecule has 18 heteroatoms. The Kier molecular flexibility index (Phi) is 15.5. The highest BCUT2D eigenvalue weighted by Crippen LogP contribution is 2.33. The van der Waals surface area contributed by atoms with Crippen LogP contribution in [0.2, 0.25) is 5.02 Å². The van der Waals surface area contributed by atoms with Crippen LogP contribution in [0.4, 0.5) is 19.3 Å². The number of hydrogen-bond acceptors (Lipinski definition) is 9. The van der Waals surface area contributed by atoms with Crippen LogP contribution in [0.25, 0.3) is 22.4 Å². The third-order valence-corrected chi connectivity index (χ3v) is 12.0. The number of amides is 4. The number of nitrogens with one attached hydrogen (secondary N) is 1. The minimum Gasteiger partial charge on any atom is -0.444 e. The van der Waals surface area contributed by atoms with E-state index in [0.717, 1.165) is 32.5 Å². The van der Waals surface area contributed by atoms with E-state index in [9.17, 15) is 19.2 Å². The molecule has 4 aromatic rings. The summed E-state index contributed by atoms with van der Waals surface area (Å²) >= 11 is 6.59. The number of ether oxygens (including phenoxy) is 2. The van der Waals surface area contributed by atoms with Crippen molar-refractivity contribution in [1.82, 2.24) is 38.9 Å². The largest absolute Gasteiger partial charge is 0.444 e. The minimum atomic E-state index is -1.09. The highest BCUT2D eigenvalue weighted by Gasteiger charge is 2.37. The van der Waals surface area contributed by atoms with Crippen molar-refractivity contribution >= 4 is 41.1 Å². The molecule has 1 N–H and O–H groups in total. The molecule has 346 valence electrons. The van der Waals surface area contributed by atoms with Gasteiger partial charge in [-0.15, -0.1) is 0 Å². The van der Waals surface area contributed by atoms with Gasteiger partial charge in [0.05, 0.1) is 41.3 Å². The molecule has 0 bridgehead atoms. The van der Waals surface area contributed by atoms with E-state index in [2.05, 4.69) is 20.3 Å². The summed E-state index contributed by atoms with van der Waals surface area (Å²) in [6.07, 6.45) is 4.22. The molecule has 0 unspecified atom stereocenters. The number of likely N-dealkylation sites (tertiary alicyclic amines) is 2. The van der Waals surface area contributed by atoms with Crippen molar-refractivity contribution in [2.24, 2.45) is 18.9 Å². The van der Waals surface area contributed by atoms with Gasteiger partial charge in [0.1, 0.15) is 5.60 Å². The summed E-state index contributed by atoms with van der Waals surface area (Å²) < 4.78 is 44.6. The van der Waals surface area contributed by atoms with Gasteiger partial charge in [-0.05, 0) is 77.9 Å². The number of anilines is 1. The normalized spacial score (nSPS) is 16.3. The number of hydrogen-bond donors (Lipinski definition) is 1. The molecule has 0 saturated carbocycles. The number of aryl methyl sites for hydroxylation is 1. The van der Waals surface area contributed by atoms with Crippen LogP contribution in [0.3, 0.4) is 0 Å². The maximum Gasteiger partial charge on any atom is 0.410 e.